The van der Waals surface area contributed by atoms with Gasteiger partial charge in [-0.15, -0.1) is 11.3 Å². The van der Waals surface area contributed by atoms with Crippen LogP contribution < -0.4 is 15.5 Å². The molecule has 25 heavy (non-hydrogen) atoms. The minimum Gasteiger partial charge on any atom is -0.353 e. The van der Waals surface area contributed by atoms with Gasteiger partial charge in [-0.1, -0.05) is 36.4 Å². The second-order valence-electron chi connectivity index (χ2n) is 6.84. The lowest BCUT2D eigenvalue weighted by atomic mass is 10.00. The van der Waals surface area contributed by atoms with Crippen molar-refractivity contribution in [3.63, 3.8) is 0 Å². The van der Waals surface area contributed by atoms with Crippen molar-refractivity contribution in [1.82, 2.24) is 5.32 Å². The van der Waals surface area contributed by atoms with Crippen molar-refractivity contribution in [3.8, 4) is 0 Å². The third-order valence-corrected chi connectivity index (χ3v) is 6.32. The highest BCUT2D eigenvalue weighted by atomic mass is 32.1. The van der Waals surface area contributed by atoms with Gasteiger partial charge >= 0.3 is 0 Å². The largest absolute Gasteiger partial charge is 0.353 e. The lowest BCUT2D eigenvalue weighted by Crippen LogP contribution is -3.11. The summed E-state index contributed by atoms with van der Waals surface area (Å²) in [5, 5.41) is 7.72. The second kappa shape index (κ2) is 6.65. The lowest BCUT2D eigenvalue weighted by Gasteiger charge is -2.27. The average Bonchev–Trinajstić information content (AvgIpc) is 3.00. The molecule has 1 amide bonds. The number of anilines is 1. The first-order valence-electron chi connectivity index (χ1n) is 8.94. The molecule has 0 aliphatic carbocycles. The Hall–Kier alpha value is -2.11. The molecule has 0 radical (unpaired) electrons. The van der Waals surface area contributed by atoms with Gasteiger partial charge in [0.1, 0.15) is 17.7 Å². The van der Waals surface area contributed by atoms with E-state index < -0.39 is 0 Å². The molecule has 130 valence electrons. The average molecular weight is 354 g/mol. The number of quaternary nitrogens is 1. The number of rotatable bonds is 3. The molecular weight excluding hydrogens is 330 g/mol. The summed E-state index contributed by atoms with van der Waals surface area (Å²) < 4.78 is 0. The molecule has 0 bridgehead atoms. The van der Waals surface area contributed by atoms with Gasteiger partial charge in [-0.25, -0.2) is 0 Å². The van der Waals surface area contributed by atoms with Crippen molar-refractivity contribution in [2.75, 3.05) is 18.4 Å². The number of hydrogen-bond acceptors (Lipinski definition) is 3. The van der Waals surface area contributed by atoms with Crippen molar-refractivity contribution in [1.29, 1.82) is 0 Å². The van der Waals surface area contributed by atoms with Crippen LogP contribution in [0.2, 0.25) is 0 Å². The zero-order chi connectivity index (χ0) is 17.4. The van der Waals surface area contributed by atoms with Crippen LogP contribution in [0.1, 0.15) is 40.2 Å². The Morgan fingerprint density at radius 3 is 2.88 bits per heavy atom. The van der Waals surface area contributed by atoms with Gasteiger partial charge in [-0.05, 0) is 30.5 Å². The first kappa shape index (κ1) is 16.4. The van der Waals surface area contributed by atoms with Gasteiger partial charge in [0.2, 0.25) is 0 Å². The number of thiophene rings is 1. The van der Waals surface area contributed by atoms with Crippen molar-refractivity contribution in [2.45, 2.75) is 33.0 Å². The van der Waals surface area contributed by atoms with E-state index in [0.717, 1.165) is 47.8 Å². The van der Waals surface area contributed by atoms with E-state index in [1.54, 1.807) is 16.2 Å². The van der Waals surface area contributed by atoms with E-state index in [9.17, 15) is 4.79 Å². The summed E-state index contributed by atoms with van der Waals surface area (Å²) in [6.45, 7) is 7.60. The van der Waals surface area contributed by atoms with Crippen LogP contribution in [0, 0.1) is 0 Å². The molecule has 4 nitrogen and oxygen atoms in total. The molecule has 0 spiro atoms. The number of nitrogens with one attached hydrogen (secondary N) is 3. The molecule has 0 fully saturated rings. The molecule has 2 aliphatic rings. The van der Waals surface area contributed by atoms with Gasteiger partial charge < -0.3 is 15.5 Å². The first-order chi connectivity index (χ1) is 12.2. The number of benzene rings is 1. The summed E-state index contributed by atoms with van der Waals surface area (Å²) in [5.41, 5.74) is 4.41. The van der Waals surface area contributed by atoms with Crippen LogP contribution >= 0.6 is 11.3 Å². The van der Waals surface area contributed by atoms with Gasteiger partial charge in [-0.3, -0.25) is 4.79 Å². The maximum absolute atomic E-state index is 12.8. The topological polar surface area (TPSA) is 45.6 Å². The van der Waals surface area contributed by atoms with Crippen molar-refractivity contribution < 1.29 is 9.69 Å². The number of amides is 1. The molecule has 5 heteroatoms. The molecule has 1 aromatic carbocycles. The molecule has 2 atom stereocenters. The molecule has 2 aromatic rings. The molecule has 0 saturated carbocycles. The molecule has 1 unspecified atom stereocenters. The summed E-state index contributed by atoms with van der Waals surface area (Å²) in [5.74, 6) is 0.0667. The molecule has 0 saturated heterocycles. The third-order valence-electron chi connectivity index (χ3n) is 5.16. The van der Waals surface area contributed by atoms with Crippen LogP contribution in [0.15, 0.2) is 35.9 Å². The highest BCUT2D eigenvalue weighted by molar-refractivity contribution is 7.16. The van der Waals surface area contributed by atoms with E-state index in [1.165, 1.54) is 10.4 Å². The van der Waals surface area contributed by atoms with Gasteiger partial charge in [0.05, 0.1) is 23.5 Å². The number of likely N-dealkylation sites (N-methyl/N-ethyl adjacent to an activating group) is 1. The van der Waals surface area contributed by atoms with Gasteiger partial charge in [0, 0.05) is 6.42 Å². The highest BCUT2D eigenvalue weighted by Gasteiger charge is 2.34. The van der Waals surface area contributed by atoms with E-state index in [1.807, 2.05) is 18.2 Å². The maximum atomic E-state index is 12.8. The fraction of sp³-hybridized carbons (Fsp3) is 0.350. The van der Waals surface area contributed by atoms with Crippen LogP contribution in [-0.2, 0) is 13.0 Å². The first-order valence-corrected chi connectivity index (χ1v) is 9.76. The fourth-order valence-corrected chi connectivity index (χ4v) is 5.02. The minimum absolute atomic E-state index is 0.0667. The molecule has 3 N–H and O–H groups in total. The monoisotopic (exact) mass is 354 g/mol. The summed E-state index contributed by atoms with van der Waals surface area (Å²) in [6, 6.07) is 10.2. The number of carbonyl (C=O) groups is 1. The SMILES string of the molecule is CC[NH+]1CCc2c(sc3c2C(=O)N[C@H](/C(C)=C/c2ccccc2)N3)C1. The second-order valence-corrected chi connectivity index (χ2v) is 7.94. The van der Waals surface area contributed by atoms with Crippen LogP contribution in [0.3, 0.4) is 0 Å². The predicted octanol–water partition coefficient (Wildman–Crippen LogP) is 2.29. The van der Waals surface area contributed by atoms with Crippen molar-refractivity contribution >= 4 is 28.3 Å². The van der Waals surface area contributed by atoms with E-state index in [2.05, 4.69) is 42.7 Å². The zero-order valence-electron chi connectivity index (χ0n) is 14.7. The van der Waals surface area contributed by atoms with Crippen LogP contribution in [0.5, 0.6) is 0 Å². The summed E-state index contributed by atoms with van der Waals surface area (Å²) in [7, 11) is 0. The van der Waals surface area contributed by atoms with Crippen LogP contribution in [0.25, 0.3) is 6.08 Å². The Bertz CT molecular complexity index is 825. The molecule has 1 aromatic heterocycles. The van der Waals surface area contributed by atoms with E-state index in [-0.39, 0.29) is 12.1 Å². The lowest BCUT2D eigenvalue weighted by molar-refractivity contribution is -0.913. The van der Waals surface area contributed by atoms with E-state index in [4.69, 9.17) is 0 Å². The van der Waals surface area contributed by atoms with E-state index >= 15 is 0 Å². The molecular formula is C20H24N3OS+. The number of hydrogen-bond donors (Lipinski definition) is 3. The Morgan fingerprint density at radius 2 is 2.12 bits per heavy atom. The zero-order valence-corrected chi connectivity index (χ0v) is 15.5. The third kappa shape index (κ3) is 3.10. The Kier molecular flexibility index (Phi) is 4.36. The summed E-state index contributed by atoms with van der Waals surface area (Å²) >= 11 is 1.77. The minimum atomic E-state index is -0.144. The highest BCUT2D eigenvalue weighted by Crippen LogP contribution is 2.37. The smallest absolute Gasteiger partial charge is 0.256 e. The van der Waals surface area contributed by atoms with Crippen molar-refractivity contribution in [2.24, 2.45) is 0 Å². The summed E-state index contributed by atoms with van der Waals surface area (Å²) in [6.07, 6.45) is 2.98. The van der Waals surface area contributed by atoms with E-state index in [0.29, 0.717) is 0 Å². The maximum Gasteiger partial charge on any atom is 0.256 e. The van der Waals surface area contributed by atoms with Crippen molar-refractivity contribution in [3.05, 3.63) is 57.5 Å². The summed E-state index contributed by atoms with van der Waals surface area (Å²) in [4.78, 5) is 15.7. The van der Waals surface area contributed by atoms with Gasteiger partial charge in [-0.2, -0.15) is 0 Å². The Morgan fingerprint density at radius 1 is 1.32 bits per heavy atom. The number of fused-ring (bicyclic) bond motifs is 3. The standard InChI is InChI=1S/C20H23N3OS/c1-3-23-10-9-15-16(12-23)25-20-17(15)19(24)21-18(22-20)13(2)11-14-7-5-4-6-8-14/h4-8,11,18,22H,3,9-10,12H2,1-2H3,(H,21,24)/p+1/b13-11+/t18-/m0/s1. The predicted molar refractivity (Wildman–Crippen MR) is 103 cm³/mol. The Balaban J connectivity index is 1.61. The van der Waals surface area contributed by atoms with Crippen LogP contribution in [-0.4, -0.2) is 25.2 Å². The fourth-order valence-electron chi connectivity index (χ4n) is 3.67. The molecule has 3 heterocycles. The van der Waals surface area contributed by atoms with Gasteiger partial charge in [0.25, 0.3) is 5.91 Å². The molecule has 4 rings (SSSR count). The Labute approximate surface area is 152 Å². The quantitative estimate of drug-likeness (QED) is 0.792. The normalized spacial score (nSPS) is 22.6. The molecule has 2 aliphatic heterocycles. The number of carbonyl (C=O) groups excluding carboxylic acids is 1. The van der Waals surface area contributed by atoms with Gasteiger partial charge in [0.15, 0.2) is 0 Å². The van der Waals surface area contributed by atoms with Crippen LogP contribution in [0.4, 0.5) is 5.00 Å².